The molecule has 0 aliphatic carbocycles. The summed E-state index contributed by atoms with van der Waals surface area (Å²) in [6.07, 6.45) is 0. The summed E-state index contributed by atoms with van der Waals surface area (Å²) in [5, 5.41) is 5.83. The van der Waals surface area contributed by atoms with Crippen LogP contribution in [0, 0.1) is 11.6 Å². The Morgan fingerprint density at radius 1 is 1.50 bits per heavy atom. The maximum Gasteiger partial charge on any atom is 0.238 e. The molecule has 0 radical (unpaired) electrons. The molecule has 3 nitrogen and oxygen atoms in total. The fourth-order valence-corrected chi connectivity index (χ4v) is 2.68. The fraction of sp³-hybridized carbons (Fsp3) is 0.417. The van der Waals surface area contributed by atoms with Gasteiger partial charge in [0.1, 0.15) is 0 Å². The molecule has 2 unspecified atom stereocenters. The van der Waals surface area contributed by atoms with Gasteiger partial charge in [-0.25, -0.2) is 8.78 Å². The Bertz CT molecular complexity index is 450. The Labute approximate surface area is 108 Å². The molecular formula is C12H14F2N2OS. The van der Waals surface area contributed by atoms with Gasteiger partial charge >= 0.3 is 0 Å². The number of thioether (sulfide) groups is 1. The lowest BCUT2D eigenvalue weighted by Crippen LogP contribution is -2.42. The molecule has 18 heavy (non-hydrogen) atoms. The minimum atomic E-state index is -0.900. The molecule has 1 heterocycles. The molecule has 0 spiro atoms. The van der Waals surface area contributed by atoms with Crippen LogP contribution in [-0.2, 0) is 4.79 Å². The van der Waals surface area contributed by atoms with E-state index >= 15 is 0 Å². The monoisotopic (exact) mass is 272 g/mol. The Hall–Kier alpha value is -1.14. The van der Waals surface area contributed by atoms with Gasteiger partial charge in [0.2, 0.25) is 5.91 Å². The molecule has 2 N–H and O–H groups in total. The summed E-state index contributed by atoms with van der Waals surface area (Å²) in [5.41, 5.74) is 0.549. The van der Waals surface area contributed by atoms with Gasteiger partial charge in [0.25, 0.3) is 0 Å². The molecule has 1 aliphatic rings. The van der Waals surface area contributed by atoms with Crippen LogP contribution in [0.3, 0.4) is 0 Å². The number of carbonyl (C=O) groups excluding carboxylic acids is 1. The van der Waals surface area contributed by atoms with Crippen molar-refractivity contribution in [2.45, 2.75) is 19.0 Å². The van der Waals surface area contributed by atoms with Gasteiger partial charge in [0, 0.05) is 11.6 Å². The van der Waals surface area contributed by atoms with Crippen LogP contribution in [0.5, 0.6) is 0 Å². The zero-order valence-corrected chi connectivity index (χ0v) is 10.7. The number of carbonyl (C=O) groups is 1. The maximum absolute atomic E-state index is 13.1. The van der Waals surface area contributed by atoms with E-state index in [-0.39, 0.29) is 18.0 Å². The molecule has 1 aliphatic heterocycles. The average molecular weight is 272 g/mol. The molecule has 98 valence electrons. The quantitative estimate of drug-likeness (QED) is 0.881. The first-order valence-corrected chi connectivity index (χ1v) is 6.80. The average Bonchev–Trinajstić information content (AvgIpc) is 2.86. The normalized spacial score (nSPS) is 20.7. The van der Waals surface area contributed by atoms with Crippen LogP contribution >= 0.6 is 11.8 Å². The highest BCUT2D eigenvalue weighted by atomic mass is 32.2. The largest absolute Gasteiger partial charge is 0.348 e. The maximum atomic E-state index is 13.1. The summed E-state index contributed by atoms with van der Waals surface area (Å²) >= 11 is 1.66. The Morgan fingerprint density at radius 3 is 2.89 bits per heavy atom. The van der Waals surface area contributed by atoms with Crippen LogP contribution in [-0.4, -0.2) is 23.6 Å². The van der Waals surface area contributed by atoms with Gasteiger partial charge in [-0.2, -0.15) is 0 Å². The van der Waals surface area contributed by atoms with Crippen LogP contribution < -0.4 is 10.6 Å². The second-order valence-electron chi connectivity index (χ2n) is 4.18. The van der Waals surface area contributed by atoms with E-state index in [4.69, 9.17) is 0 Å². The van der Waals surface area contributed by atoms with E-state index in [0.29, 0.717) is 5.56 Å². The second-order valence-corrected chi connectivity index (χ2v) is 5.21. The molecule has 1 amide bonds. The van der Waals surface area contributed by atoms with E-state index in [9.17, 15) is 13.6 Å². The minimum absolute atomic E-state index is 0.114. The Morgan fingerprint density at radius 2 is 2.28 bits per heavy atom. The van der Waals surface area contributed by atoms with Crippen LogP contribution in [0.15, 0.2) is 18.2 Å². The molecule has 0 saturated carbocycles. The van der Waals surface area contributed by atoms with Gasteiger partial charge < -0.3 is 5.32 Å². The van der Waals surface area contributed by atoms with E-state index in [1.165, 1.54) is 6.07 Å². The number of benzene rings is 1. The first kappa shape index (κ1) is 13.3. The Kier molecular flexibility index (Phi) is 4.19. The molecule has 0 aromatic heterocycles. The van der Waals surface area contributed by atoms with Gasteiger partial charge in [-0.1, -0.05) is 6.07 Å². The van der Waals surface area contributed by atoms with Crippen molar-refractivity contribution < 1.29 is 13.6 Å². The lowest BCUT2D eigenvalue weighted by atomic mass is 10.1. The molecule has 2 rings (SSSR count). The predicted octanol–water partition coefficient (Wildman–Crippen LogP) is 1.80. The van der Waals surface area contributed by atoms with Gasteiger partial charge in [-0.15, -0.1) is 11.8 Å². The van der Waals surface area contributed by atoms with Crippen molar-refractivity contribution >= 4 is 17.7 Å². The van der Waals surface area contributed by atoms with E-state index < -0.39 is 11.6 Å². The lowest BCUT2D eigenvalue weighted by molar-refractivity contribution is -0.123. The van der Waals surface area contributed by atoms with Crippen molar-refractivity contribution in [3.05, 3.63) is 35.4 Å². The number of rotatable bonds is 3. The first-order valence-electron chi connectivity index (χ1n) is 5.64. The van der Waals surface area contributed by atoms with Crippen LogP contribution in [0.2, 0.25) is 0 Å². The van der Waals surface area contributed by atoms with Crippen molar-refractivity contribution in [3.63, 3.8) is 0 Å². The molecule has 1 fully saturated rings. The third-order valence-electron chi connectivity index (χ3n) is 2.84. The number of halogens is 2. The molecule has 0 bridgehead atoms. The van der Waals surface area contributed by atoms with Crippen LogP contribution in [0.1, 0.15) is 18.5 Å². The van der Waals surface area contributed by atoms with E-state index in [1.807, 2.05) is 0 Å². The van der Waals surface area contributed by atoms with Crippen molar-refractivity contribution in [3.8, 4) is 0 Å². The van der Waals surface area contributed by atoms with E-state index in [2.05, 4.69) is 10.6 Å². The SMILES string of the molecule is CC(NC(=O)C1CSCN1)c1ccc(F)c(F)c1. The molecule has 2 atom stereocenters. The highest BCUT2D eigenvalue weighted by Gasteiger charge is 2.23. The highest BCUT2D eigenvalue weighted by Crippen LogP contribution is 2.17. The zero-order chi connectivity index (χ0) is 13.1. The topological polar surface area (TPSA) is 41.1 Å². The lowest BCUT2D eigenvalue weighted by Gasteiger charge is -2.17. The number of hydrogen-bond acceptors (Lipinski definition) is 3. The van der Waals surface area contributed by atoms with Crippen molar-refractivity contribution in [2.75, 3.05) is 11.6 Å². The van der Waals surface area contributed by atoms with Crippen molar-refractivity contribution in [1.82, 2.24) is 10.6 Å². The van der Waals surface area contributed by atoms with Gasteiger partial charge in [0.15, 0.2) is 11.6 Å². The Balaban J connectivity index is 2.00. The number of nitrogens with one attached hydrogen (secondary N) is 2. The second kappa shape index (κ2) is 5.67. The molecule has 1 saturated heterocycles. The van der Waals surface area contributed by atoms with Gasteiger partial charge in [0.05, 0.1) is 12.1 Å². The molecule has 6 heteroatoms. The number of hydrogen-bond donors (Lipinski definition) is 2. The number of amides is 1. The summed E-state index contributed by atoms with van der Waals surface area (Å²) in [6, 6.07) is 3.09. The summed E-state index contributed by atoms with van der Waals surface area (Å²) in [6.45, 7) is 1.74. The molecule has 1 aromatic carbocycles. The summed E-state index contributed by atoms with van der Waals surface area (Å²) in [7, 11) is 0. The predicted molar refractivity (Wildman–Crippen MR) is 67.2 cm³/mol. The zero-order valence-electron chi connectivity index (χ0n) is 9.87. The van der Waals surface area contributed by atoms with Gasteiger partial charge in [-0.05, 0) is 24.6 Å². The van der Waals surface area contributed by atoms with Crippen LogP contribution in [0.4, 0.5) is 8.78 Å². The fourth-order valence-electron chi connectivity index (χ4n) is 1.74. The van der Waals surface area contributed by atoms with E-state index in [0.717, 1.165) is 23.8 Å². The third kappa shape index (κ3) is 3.00. The van der Waals surface area contributed by atoms with Crippen molar-refractivity contribution in [1.29, 1.82) is 0 Å². The first-order chi connectivity index (χ1) is 8.58. The smallest absolute Gasteiger partial charge is 0.238 e. The third-order valence-corrected chi connectivity index (χ3v) is 3.78. The molecular weight excluding hydrogens is 258 g/mol. The van der Waals surface area contributed by atoms with Gasteiger partial charge in [-0.3, -0.25) is 10.1 Å². The highest BCUT2D eigenvalue weighted by molar-refractivity contribution is 7.99. The minimum Gasteiger partial charge on any atom is -0.348 e. The summed E-state index contributed by atoms with van der Waals surface area (Å²) < 4.78 is 25.9. The van der Waals surface area contributed by atoms with E-state index in [1.54, 1.807) is 18.7 Å². The summed E-state index contributed by atoms with van der Waals surface area (Å²) in [5.74, 6) is -0.403. The van der Waals surface area contributed by atoms with Crippen molar-refractivity contribution in [2.24, 2.45) is 0 Å². The standard InChI is InChI=1S/C12H14F2N2OS/c1-7(8-2-3-9(13)10(14)4-8)16-12(17)11-5-18-6-15-11/h2-4,7,11,15H,5-6H2,1H3,(H,16,17). The molecule has 1 aromatic rings. The summed E-state index contributed by atoms with van der Waals surface area (Å²) in [4.78, 5) is 11.8. The van der Waals surface area contributed by atoms with Crippen LogP contribution in [0.25, 0.3) is 0 Å².